The Morgan fingerprint density at radius 1 is 1.15 bits per heavy atom. The van der Waals surface area contributed by atoms with Gasteiger partial charge in [0.1, 0.15) is 16.9 Å². The highest BCUT2D eigenvalue weighted by Crippen LogP contribution is 2.31. The fraction of sp³-hybridized carbons (Fsp3) is 0.150. The van der Waals surface area contributed by atoms with Crippen molar-refractivity contribution in [2.75, 3.05) is 12.3 Å². The average molecular weight is 380 g/mol. The van der Waals surface area contributed by atoms with Crippen molar-refractivity contribution in [1.82, 2.24) is 19.9 Å². The molecule has 0 fully saturated rings. The summed E-state index contributed by atoms with van der Waals surface area (Å²) in [5.74, 6) is 0.0286. The molecule has 0 bridgehead atoms. The summed E-state index contributed by atoms with van der Waals surface area (Å²) in [6, 6.07) is 14.8. The van der Waals surface area contributed by atoms with Crippen molar-refractivity contribution in [3.05, 3.63) is 59.1 Å². The number of amides is 1. The van der Waals surface area contributed by atoms with E-state index in [0.29, 0.717) is 33.8 Å². The monoisotopic (exact) mass is 379 g/mol. The number of rotatable bonds is 4. The lowest BCUT2D eigenvalue weighted by Crippen LogP contribution is -2.25. The molecule has 0 unspecified atom stereocenters. The highest BCUT2D eigenvalue weighted by molar-refractivity contribution is 6.30. The molecule has 2 aromatic heterocycles. The molecule has 0 aliphatic rings. The molecule has 4 rings (SSSR count). The fourth-order valence-electron chi connectivity index (χ4n) is 3.09. The number of aromatic nitrogens is 3. The normalized spacial score (nSPS) is 11.2. The minimum absolute atomic E-state index is 0.260. The molecule has 2 heterocycles. The Labute approximate surface area is 161 Å². The van der Waals surface area contributed by atoms with Crippen molar-refractivity contribution in [2.24, 2.45) is 0 Å². The number of halogens is 1. The van der Waals surface area contributed by atoms with Crippen molar-refractivity contribution in [1.29, 1.82) is 0 Å². The predicted octanol–water partition coefficient (Wildman–Crippen LogP) is 3.95. The lowest BCUT2D eigenvalue weighted by Gasteiger charge is -2.08. The zero-order chi connectivity index (χ0) is 19.0. The van der Waals surface area contributed by atoms with E-state index in [1.54, 1.807) is 16.7 Å². The number of para-hydroxylation sites is 2. The van der Waals surface area contributed by atoms with Crippen molar-refractivity contribution < 1.29 is 4.79 Å². The van der Waals surface area contributed by atoms with E-state index >= 15 is 0 Å². The zero-order valence-electron chi connectivity index (χ0n) is 14.7. The Bertz CT molecular complexity index is 1170. The molecule has 0 saturated carbocycles. The van der Waals surface area contributed by atoms with Gasteiger partial charge in [0.25, 0.3) is 5.91 Å². The summed E-state index contributed by atoms with van der Waals surface area (Å²) < 4.78 is 1.72. The van der Waals surface area contributed by atoms with Crippen molar-refractivity contribution in [3.8, 4) is 5.69 Å². The number of carbonyl (C=O) groups is 1. The summed E-state index contributed by atoms with van der Waals surface area (Å²) in [7, 11) is 0. The van der Waals surface area contributed by atoms with Gasteiger partial charge >= 0.3 is 0 Å². The number of hydrogen-bond donors (Lipinski definition) is 2. The molecule has 6 nitrogen and oxygen atoms in total. The lowest BCUT2D eigenvalue weighted by atomic mass is 10.2. The first-order valence-electron chi connectivity index (χ1n) is 8.71. The summed E-state index contributed by atoms with van der Waals surface area (Å²) in [6.07, 6.45) is 0.827. The zero-order valence-corrected chi connectivity index (χ0v) is 15.5. The van der Waals surface area contributed by atoms with Gasteiger partial charge in [0.15, 0.2) is 5.65 Å². The van der Waals surface area contributed by atoms with Crippen LogP contribution >= 0.6 is 11.6 Å². The second-order valence-corrected chi connectivity index (χ2v) is 6.65. The van der Waals surface area contributed by atoms with Crippen molar-refractivity contribution >= 4 is 45.5 Å². The topological polar surface area (TPSA) is 85.8 Å². The maximum atomic E-state index is 12.8. The molecule has 2 aromatic carbocycles. The number of benzene rings is 2. The molecular formula is C20H18ClN5O. The molecule has 7 heteroatoms. The third kappa shape index (κ3) is 2.98. The molecule has 0 aliphatic heterocycles. The number of nitrogens with one attached hydrogen (secondary N) is 1. The van der Waals surface area contributed by atoms with Gasteiger partial charge in [-0.25, -0.2) is 9.97 Å². The van der Waals surface area contributed by atoms with Crippen molar-refractivity contribution in [3.63, 3.8) is 0 Å². The molecule has 27 heavy (non-hydrogen) atoms. The van der Waals surface area contributed by atoms with E-state index in [2.05, 4.69) is 10.3 Å². The Morgan fingerprint density at radius 2 is 1.89 bits per heavy atom. The highest BCUT2D eigenvalue weighted by Gasteiger charge is 2.24. The molecule has 4 aromatic rings. The van der Waals surface area contributed by atoms with Crippen LogP contribution in [0, 0.1) is 0 Å². The van der Waals surface area contributed by atoms with Crippen LogP contribution in [0.3, 0.4) is 0 Å². The van der Waals surface area contributed by atoms with Crippen LogP contribution in [0.15, 0.2) is 48.5 Å². The van der Waals surface area contributed by atoms with Crippen molar-refractivity contribution in [2.45, 2.75) is 13.3 Å². The number of carbonyl (C=O) groups excluding carboxylic acids is 1. The minimum Gasteiger partial charge on any atom is -0.384 e. The summed E-state index contributed by atoms with van der Waals surface area (Å²) in [5, 5.41) is 3.45. The van der Waals surface area contributed by atoms with Crippen LogP contribution in [0.5, 0.6) is 0 Å². The van der Waals surface area contributed by atoms with Gasteiger partial charge < -0.3 is 11.1 Å². The fourth-order valence-corrected chi connectivity index (χ4v) is 3.27. The van der Waals surface area contributed by atoms with Crippen LogP contribution in [-0.4, -0.2) is 27.0 Å². The number of anilines is 1. The third-order valence-electron chi connectivity index (χ3n) is 4.33. The smallest absolute Gasteiger partial charge is 0.257 e. The summed E-state index contributed by atoms with van der Waals surface area (Å²) in [6.45, 7) is 2.55. The van der Waals surface area contributed by atoms with E-state index in [0.717, 1.165) is 17.6 Å². The molecule has 0 aliphatic carbocycles. The number of nitrogens with zero attached hydrogens (tertiary/aromatic N) is 3. The summed E-state index contributed by atoms with van der Waals surface area (Å²) in [5.41, 5.74) is 9.90. The van der Waals surface area contributed by atoms with Crippen LogP contribution in [0.2, 0.25) is 5.02 Å². The first-order valence-corrected chi connectivity index (χ1v) is 9.08. The molecular weight excluding hydrogens is 362 g/mol. The number of nitrogen functional groups attached to an aromatic ring is 1. The van der Waals surface area contributed by atoms with E-state index in [9.17, 15) is 4.79 Å². The molecule has 0 spiro atoms. The van der Waals surface area contributed by atoms with E-state index in [1.807, 2.05) is 43.3 Å². The number of hydrogen-bond acceptors (Lipinski definition) is 4. The number of fused-ring (bicyclic) bond motifs is 2. The van der Waals surface area contributed by atoms with E-state index < -0.39 is 0 Å². The lowest BCUT2D eigenvalue weighted by molar-refractivity contribution is 0.0956. The Hall–Kier alpha value is -3.12. The second-order valence-electron chi connectivity index (χ2n) is 6.22. The predicted molar refractivity (Wildman–Crippen MR) is 108 cm³/mol. The standard InChI is InChI=1S/C20H18ClN5O/c1-2-10-23-20(27)16-17-19(25-15-9-4-3-8-14(15)24-17)26(18(16)22)13-7-5-6-12(21)11-13/h3-9,11H,2,10,22H2,1H3,(H,23,27). The first-order chi connectivity index (χ1) is 13.1. The summed E-state index contributed by atoms with van der Waals surface area (Å²) in [4.78, 5) is 22.2. The third-order valence-corrected chi connectivity index (χ3v) is 4.56. The molecule has 0 radical (unpaired) electrons. The van der Waals surface area contributed by atoms with Gasteiger partial charge in [-0.3, -0.25) is 9.36 Å². The summed E-state index contributed by atoms with van der Waals surface area (Å²) >= 11 is 6.16. The van der Waals surface area contributed by atoms with Crippen LogP contribution in [0.25, 0.3) is 27.9 Å². The second kappa shape index (κ2) is 6.89. The number of nitrogens with two attached hydrogens (primary N) is 1. The Kier molecular flexibility index (Phi) is 4.41. The Balaban J connectivity index is 2.05. The molecule has 1 amide bonds. The van der Waals surface area contributed by atoms with Gasteiger partial charge in [-0.05, 0) is 36.8 Å². The van der Waals surface area contributed by atoms with Gasteiger partial charge in [-0.2, -0.15) is 0 Å². The largest absolute Gasteiger partial charge is 0.384 e. The van der Waals surface area contributed by atoms with Crippen LogP contribution in [0.1, 0.15) is 23.7 Å². The van der Waals surface area contributed by atoms with Crippen LogP contribution in [0.4, 0.5) is 5.82 Å². The molecule has 0 atom stereocenters. The average Bonchev–Trinajstić information content (AvgIpc) is 2.95. The molecule has 0 saturated heterocycles. The minimum atomic E-state index is -0.260. The van der Waals surface area contributed by atoms with E-state index in [-0.39, 0.29) is 11.7 Å². The molecule has 3 N–H and O–H groups in total. The Morgan fingerprint density at radius 3 is 2.59 bits per heavy atom. The van der Waals surface area contributed by atoms with Gasteiger partial charge in [0.2, 0.25) is 0 Å². The first kappa shape index (κ1) is 17.3. The van der Waals surface area contributed by atoms with Gasteiger partial charge in [-0.1, -0.05) is 36.7 Å². The maximum Gasteiger partial charge on any atom is 0.257 e. The van der Waals surface area contributed by atoms with E-state index in [4.69, 9.17) is 22.3 Å². The quantitative estimate of drug-likeness (QED) is 0.562. The van der Waals surface area contributed by atoms with Gasteiger partial charge in [0.05, 0.1) is 16.7 Å². The van der Waals surface area contributed by atoms with E-state index in [1.165, 1.54) is 0 Å². The molecule has 136 valence electrons. The van der Waals surface area contributed by atoms with Crippen LogP contribution < -0.4 is 11.1 Å². The SMILES string of the molecule is CCCNC(=O)c1c(N)n(-c2cccc(Cl)c2)c2nc3ccccc3nc12. The van der Waals surface area contributed by atoms with Crippen LogP contribution in [-0.2, 0) is 0 Å². The van der Waals surface area contributed by atoms with Gasteiger partial charge in [-0.15, -0.1) is 0 Å². The highest BCUT2D eigenvalue weighted by atomic mass is 35.5. The van der Waals surface area contributed by atoms with Gasteiger partial charge in [0, 0.05) is 11.6 Å². The maximum absolute atomic E-state index is 12.8.